The molecule has 3 rings (SSSR count). The number of nitrogens with zero attached hydrogens (tertiary/aromatic N) is 2. The number of para-hydroxylation sites is 2. The van der Waals surface area contributed by atoms with Crippen LogP contribution in [-0.2, 0) is 4.79 Å². The second-order valence-electron chi connectivity index (χ2n) is 5.19. The minimum atomic E-state index is -0.963. The molecular formula is C15H12N4O7. The highest BCUT2D eigenvalue weighted by Crippen LogP contribution is 2.31. The Balaban J connectivity index is 1.68. The van der Waals surface area contributed by atoms with Crippen molar-refractivity contribution < 1.29 is 24.1 Å². The second kappa shape index (κ2) is 6.93. The molecule has 0 aromatic heterocycles. The summed E-state index contributed by atoms with van der Waals surface area (Å²) in [5.74, 6) is 0.294. The van der Waals surface area contributed by atoms with Crippen LogP contribution in [0.1, 0.15) is 0 Å². The van der Waals surface area contributed by atoms with Crippen LogP contribution in [0.25, 0.3) is 0 Å². The molecule has 134 valence electrons. The average molecular weight is 360 g/mol. The Hall–Kier alpha value is -3.89. The first-order valence-corrected chi connectivity index (χ1v) is 7.33. The number of benzene rings is 2. The van der Waals surface area contributed by atoms with Crippen molar-refractivity contribution in [2.45, 2.75) is 6.10 Å². The van der Waals surface area contributed by atoms with Crippen LogP contribution in [0.3, 0.4) is 0 Å². The molecule has 1 heterocycles. The van der Waals surface area contributed by atoms with Crippen LogP contribution in [0.15, 0.2) is 42.5 Å². The van der Waals surface area contributed by atoms with Gasteiger partial charge in [-0.1, -0.05) is 12.1 Å². The van der Waals surface area contributed by atoms with Crippen molar-refractivity contribution in [1.29, 1.82) is 0 Å². The number of nitrogens with one attached hydrogen (secondary N) is 2. The van der Waals surface area contributed by atoms with E-state index in [9.17, 15) is 25.0 Å². The Morgan fingerprint density at radius 3 is 2.50 bits per heavy atom. The normalized spacial score (nSPS) is 15.0. The molecule has 2 aromatic rings. The van der Waals surface area contributed by atoms with Crippen LogP contribution in [0, 0.1) is 20.2 Å². The SMILES string of the molecule is O=C(NNc1ccc([N+](=O)[O-])cc1[N+](=O)[O-])C1COc2ccccc2O1. The van der Waals surface area contributed by atoms with E-state index in [0.717, 1.165) is 18.2 Å². The molecule has 2 aromatic carbocycles. The highest BCUT2D eigenvalue weighted by atomic mass is 16.6. The van der Waals surface area contributed by atoms with Gasteiger partial charge in [0.05, 0.1) is 15.9 Å². The zero-order valence-electron chi connectivity index (χ0n) is 13.1. The molecule has 0 aliphatic carbocycles. The lowest BCUT2D eigenvalue weighted by atomic mass is 10.2. The van der Waals surface area contributed by atoms with E-state index in [1.54, 1.807) is 24.3 Å². The van der Waals surface area contributed by atoms with Gasteiger partial charge >= 0.3 is 5.69 Å². The van der Waals surface area contributed by atoms with Crippen molar-refractivity contribution in [3.63, 3.8) is 0 Å². The van der Waals surface area contributed by atoms with Gasteiger partial charge in [0.15, 0.2) is 11.5 Å². The van der Waals surface area contributed by atoms with Gasteiger partial charge in [-0.05, 0) is 18.2 Å². The molecular weight excluding hydrogens is 348 g/mol. The van der Waals surface area contributed by atoms with Crippen LogP contribution in [0.2, 0.25) is 0 Å². The van der Waals surface area contributed by atoms with Gasteiger partial charge in [0.25, 0.3) is 11.6 Å². The van der Waals surface area contributed by atoms with E-state index in [1.807, 2.05) is 0 Å². The number of non-ortho nitro benzene ring substituents is 1. The summed E-state index contributed by atoms with van der Waals surface area (Å²) in [6.45, 7) is -0.0348. The maximum atomic E-state index is 12.2. The molecule has 1 aliphatic heterocycles. The minimum Gasteiger partial charge on any atom is -0.485 e. The van der Waals surface area contributed by atoms with Gasteiger partial charge in [-0.15, -0.1) is 0 Å². The van der Waals surface area contributed by atoms with E-state index >= 15 is 0 Å². The maximum Gasteiger partial charge on any atom is 0.300 e. The number of nitro groups is 2. The number of anilines is 1. The van der Waals surface area contributed by atoms with Crippen LogP contribution in [-0.4, -0.2) is 28.5 Å². The number of hydrazine groups is 1. The molecule has 0 spiro atoms. The van der Waals surface area contributed by atoms with E-state index in [-0.39, 0.29) is 12.3 Å². The Kier molecular flexibility index (Phi) is 4.51. The van der Waals surface area contributed by atoms with Gasteiger partial charge in [-0.3, -0.25) is 35.9 Å². The Morgan fingerprint density at radius 2 is 1.81 bits per heavy atom. The molecule has 11 heteroatoms. The highest BCUT2D eigenvalue weighted by Gasteiger charge is 2.28. The number of ether oxygens (including phenoxy) is 2. The fourth-order valence-corrected chi connectivity index (χ4v) is 2.25. The van der Waals surface area contributed by atoms with Crippen molar-refractivity contribution in [3.8, 4) is 11.5 Å². The fourth-order valence-electron chi connectivity index (χ4n) is 2.25. The van der Waals surface area contributed by atoms with E-state index in [0.29, 0.717) is 11.5 Å². The number of fused-ring (bicyclic) bond motifs is 1. The molecule has 0 saturated carbocycles. The summed E-state index contributed by atoms with van der Waals surface area (Å²) in [5, 5.41) is 21.8. The van der Waals surface area contributed by atoms with Crippen molar-refractivity contribution in [1.82, 2.24) is 5.43 Å². The van der Waals surface area contributed by atoms with Gasteiger partial charge in [0.2, 0.25) is 6.10 Å². The first-order valence-electron chi connectivity index (χ1n) is 7.33. The molecule has 0 saturated heterocycles. The van der Waals surface area contributed by atoms with Gasteiger partial charge in [-0.25, -0.2) is 0 Å². The van der Waals surface area contributed by atoms with Gasteiger partial charge < -0.3 is 9.47 Å². The van der Waals surface area contributed by atoms with Crippen molar-refractivity contribution in [3.05, 3.63) is 62.7 Å². The summed E-state index contributed by atoms with van der Waals surface area (Å²) in [7, 11) is 0. The molecule has 1 amide bonds. The zero-order valence-corrected chi connectivity index (χ0v) is 13.1. The van der Waals surface area contributed by atoms with E-state index in [4.69, 9.17) is 9.47 Å². The third-order valence-corrected chi connectivity index (χ3v) is 3.51. The summed E-state index contributed by atoms with van der Waals surface area (Å²) < 4.78 is 10.9. The summed E-state index contributed by atoms with van der Waals surface area (Å²) >= 11 is 0. The van der Waals surface area contributed by atoms with E-state index < -0.39 is 33.2 Å². The lowest BCUT2D eigenvalue weighted by molar-refractivity contribution is -0.393. The highest BCUT2D eigenvalue weighted by molar-refractivity contribution is 5.83. The summed E-state index contributed by atoms with van der Waals surface area (Å²) in [5.41, 5.74) is 3.57. The van der Waals surface area contributed by atoms with E-state index in [1.165, 1.54) is 0 Å². The van der Waals surface area contributed by atoms with Gasteiger partial charge in [0.1, 0.15) is 12.3 Å². The van der Waals surface area contributed by atoms with Crippen molar-refractivity contribution in [2.75, 3.05) is 12.0 Å². The maximum absolute atomic E-state index is 12.2. The molecule has 0 radical (unpaired) electrons. The minimum absolute atomic E-state index is 0.0348. The third-order valence-electron chi connectivity index (χ3n) is 3.51. The zero-order chi connectivity index (χ0) is 18.7. The summed E-state index contributed by atoms with van der Waals surface area (Å²) in [6, 6.07) is 9.83. The summed E-state index contributed by atoms with van der Waals surface area (Å²) in [6.07, 6.45) is -0.963. The number of hydrogen-bond donors (Lipinski definition) is 2. The topological polar surface area (TPSA) is 146 Å². The number of carbonyl (C=O) groups is 1. The Bertz CT molecular complexity index is 886. The van der Waals surface area contributed by atoms with Crippen LogP contribution in [0.4, 0.5) is 17.1 Å². The molecule has 0 fully saturated rings. The standard InChI is InChI=1S/C15H12N4O7/c20-15(14-8-25-12-3-1-2-4-13(12)26-14)17-16-10-6-5-9(18(21)22)7-11(10)19(23)24/h1-7,14,16H,8H2,(H,17,20). The molecule has 11 nitrogen and oxygen atoms in total. The molecule has 2 N–H and O–H groups in total. The molecule has 1 aliphatic rings. The lowest BCUT2D eigenvalue weighted by Crippen LogP contribution is -2.46. The monoisotopic (exact) mass is 360 g/mol. The first-order chi connectivity index (χ1) is 12.5. The number of hydrogen-bond acceptors (Lipinski definition) is 8. The summed E-state index contributed by atoms with van der Waals surface area (Å²) in [4.78, 5) is 32.4. The quantitative estimate of drug-likeness (QED) is 0.606. The smallest absolute Gasteiger partial charge is 0.300 e. The van der Waals surface area contributed by atoms with E-state index in [2.05, 4.69) is 10.9 Å². The average Bonchev–Trinajstić information content (AvgIpc) is 2.65. The number of carbonyl (C=O) groups excluding carboxylic acids is 1. The lowest BCUT2D eigenvalue weighted by Gasteiger charge is -2.25. The van der Waals surface area contributed by atoms with Crippen LogP contribution >= 0.6 is 0 Å². The predicted octanol–water partition coefficient (Wildman–Crippen LogP) is 1.79. The van der Waals surface area contributed by atoms with Crippen LogP contribution < -0.4 is 20.3 Å². The second-order valence-corrected chi connectivity index (χ2v) is 5.19. The predicted molar refractivity (Wildman–Crippen MR) is 87.9 cm³/mol. The molecule has 1 atom stereocenters. The Labute approximate surface area is 145 Å². The van der Waals surface area contributed by atoms with Crippen LogP contribution in [0.5, 0.6) is 11.5 Å². The van der Waals surface area contributed by atoms with Crippen molar-refractivity contribution in [2.24, 2.45) is 0 Å². The molecule has 0 bridgehead atoms. The first kappa shape index (κ1) is 17.0. The fraction of sp³-hybridized carbons (Fsp3) is 0.133. The van der Waals surface area contributed by atoms with Crippen molar-refractivity contribution >= 4 is 23.0 Å². The number of amides is 1. The van der Waals surface area contributed by atoms with Gasteiger partial charge in [0, 0.05) is 6.07 Å². The third kappa shape index (κ3) is 3.45. The number of nitro benzene ring substituents is 2. The molecule has 1 unspecified atom stereocenters. The Morgan fingerprint density at radius 1 is 1.08 bits per heavy atom. The molecule has 26 heavy (non-hydrogen) atoms. The van der Waals surface area contributed by atoms with Gasteiger partial charge in [-0.2, -0.15) is 0 Å². The largest absolute Gasteiger partial charge is 0.485 e. The number of rotatable bonds is 5.